The fraction of sp³-hybridized carbons (Fsp3) is 0.0667. The molecule has 0 unspecified atom stereocenters. The van der Waals surface area contributed by atoms with E-state index in [-0.39, 0.29) is 5.82 Å². The smallest absolute Gasteiger partial charge is 0.227 e. The zero-order valence-electron chi connectivity index (χ0n) is 11.3. The molecule has 1 aromatic carbocycles. The van der Waals surface area contributed by atoms with Crippen molar-refractivity contribution in [3.8, 4) is 11.3 Å². The molecule has 0 amide bonds. The lowest BCUT2D eigenvalue weighted by molar-refractivity contribution is 0.619. The summed E-state index contributed by atoms with van der Waals surface area (Å²) in [6.07, 6.45) is 6.44. The molecule has 0 saturated carbocycles. The zero-order chi connectivity index (χ0) is 14.7. The molecule has 5 nitrogen and oxygen atoms in total. The summed E-state index contributed by atoms with van der Waals surface area (Å²) in [4.78, 5) is 16.4. The van der Waals surface area contributed by atoms with E-state index in [1.165, 1.54) is 12.4 Å². The largest absolute Gasteiger partial charge is 0.324 e. The Morgan fingerprint density at radius 3 is 2.71 bits per heavy atom. The van der Waals surface area contributed by atoms with Crippen molar-refractivity contribution in [1.82, 2.24) is 19.9 Å². The number of rotatable bonds is 3. The Labute approximate surface area is 121 Å². The number of hydrogen-bond acceptors (Lipinski definition) is 5. The van der Waals surface area contributed by atoms with Gasteiger partial charge in [0.05, 0.1) is 5.69 Å². The SMILES string of the molecule is Cc1c(F)cccc1Nc1nccc(-c2cncnc2)n1. The molecule has 104 valence electrons. The minimum absolute atomic E-state index is 0.271. The predicted molar refractivity (Wildman–Crippen MR) is 77.5 cm³/mol. The van der Waals surface area contributed by atoms with Crippen LogP contribution in [-0.2, 0) is 0 Å². The third kappa shape index (κ3) is 2.84. The monoisotopic (exact) mass is 281 g/mol. The van der Waals surface area contributed by atoms with E-state index in [4.69, 9.17) is 0 Å². The maximum Gasteiger partial charge on any atom is 0.227 e. The molecule has 0 spiro atoms. The van der Waals surface area contributed by atoms with Gasteiger partial charge in [0.25, 0.3) is 0 Å². The van der Waals surface area contributed by atoms with E-state index in [9.17, 15) is 4.39 Å². The van der Waals surface area contributed by atoms with Gasteiger partial charge in [-0.05, 0) is 25.1 Å². The van der Waals surface area contributed by atoms with Crippen LogP contribution in [0.1, 0.15) is 5.56 Å². The number of halogens is 1. The molecule has 0 aliphatic heterocycles. The van der Waals surface area contributed by atoms with Crippen LogP contribution in [0.5, 0.6) is 0 Å². The van der Waals surface area contributed by atoms with E-state index < -0.39 is 0 Å². The number of nitrogens with zero attached hydrogens (tertiary/aromatic N) is 4. The molecular weight excluding hydrogens is 269 g/mol. The lowest BCUT2D eigenvalue weighted by atomic mass is 10.2. The molecule has 2 aromatic heterocycles. The lowest BCUT2D eigenvalue weighted by Crippen LogP contribution is -2.00. The van der Waals surface area contributed by atoms with E-state index in [2.05, 4.69) is 25.3 Å². The molecule has 0 radical (unpaired) electrons. The Bertz CT molecular complexity index is 761. The van der Waals surface area contributed by atoms with Crippen molar-refractivity contribution < 1.29 is 4.39 Å². The number of hydrogen-bond donors (Lipinski definition) is 1. The highest BCUT2D eigenvalue weighted by atomic mass is 19.1. The van der Waals surface area contributed by atoms with Gasteiger partial charge in [-0.1, -0.05) is 6.07 Å². The van der Waals surface area contributed by atoms with Gasteiger partial charge in [-0.15, -0.1) is 0 Å². The standard InChI is InChI=1S/C15H12FN5/c1-10-12(16)3-2-4-13(10)20-15-19-6-5-14(21-15)11-7-17-9-18-8-11/h2-9H,1H3,(H,19,20,21). The van der Waals surface area contributed by atoms with Gasteiger partial charge in [-0.25, -0.2) is 24.3 Å². The Balaban J connectivity index is 1.92. The molecule has 0 fully saturated rings. The zero-order valence-corrected chi connectivity index (χ0v) is 11.3. The molecule has 2 heterocycles. The van der Waals surface area contributed by atoms with Gasteiger partial charge in [0, 0.05) is 35.4 Å². The highest BCUT2D eigenvalue weighted by molar-refractivity contribution is 5.62. The fourth-order valence-electron chi connectivity index (χ4n) is 1.87. The average molecular weight is 281 g/mol. The summed E-state index contributed by atoms with van der Waals surface area (Å²) in [6.45, 7) is 1.70. The van der Waals surface area contributed by atoms with E-state index >= 15 is 0 Å². The van der Waals surface area contributed by atoms with Crippen molar-refractivity contribution in [3.63, 3.8) is 0 Å². The second-order valence-electron chi connectivity index (χ2n) is 4.43. The van der Waals surface area contributed by atoms with Crippen molar-refractivity contribution in [2.75, 3.05) is 5.32 Å². The summed E-state index contributed by atoms with van der Waals surface area (Å²) in [5, 5.41) is 3.02. The van der Waals surface area contributed by atoms with Crippen molar-refractivity contribution in [2.45, 2.75) is 6.92 Å². The van der Waals surface area contributed by atoms with Crippen LogP contribution < -0.4 is 5.32 Å². The number of anilines is 2. The Morgan fingerprint density at radius 2 is 1.90 bits per heavy atom. The Morgan fingerprint density at radius 1 is 1.10 bits per heavy atom. The van der Waals surface area contributed by atoms with Gasteiger partial charge >= 0.3 is 0 Å². The van der Waals surface area contributed by atoms with Crippen LogP contribution in [0.4, 0.5) is 16.0 Å². The minimum atomic E-state index is -0.271. The van der Waals surface area contributed by atoms with Crippen molar-refractivity contribution >= 4 is 11.6 Å². The Hall–Kier alpha value is -2.89. The summed E-state index contributed by atoms with van der Waals surface area (Å²) in [6, 6.07) is 6.60. The summed E-state index contributed by atoms with van der Waals surface area (Å²) in [7, 11) is 0. The molecule has 0 aliphatic rings. The molecular formula is C15H12FN5. The van der Waals surface area contributed by atoms with Crippen molar-refractivity contribution in [3.05, 3.63) is 60.6 Å². The first-order valence-electron chi connectivity index (χ1n) is 6.34. The summed E-state index contributed by atoms with van der Waals surface area (Å²) in [5.41, 5.74) is 2.65. The molecule has 0 aliphatic carbocycles. The first-order chi connectivity index (χ1) is 10.2. The Kier molecular flexibility index (Phi) is 3.51. The second-order valence-corrected chi connectivity index (χ2v) is 4.43. The first kappa shape index (κ1) is 13.1. The van der Waals surface area contributed by atoms with Crippen LogP contribution in [0.3, 0.4) is 0 Å². The van der Waals surface area contributed by atoms with E-state index in [1.54, 1.807) is 43.7 Å². The number of aromatic nitrogens is 4. The average Bonchev–Trinajstić information content (AvgIpc) is 2.53. The lowest BCUT2D eigenvalue weighted by Gasteiger charge is -2.09. The number of nitrogens with one attached hydrogen (secondary N) is 1. The molecule has 0 saturated heterocycles. The van der Waals surface area contributed by atoms with Crippen molar-refractivity contribution in [1.29, 1.82) is 0 Å². The van der Waals surface area contributed by atoms with Crippen LogP contribution in [0.2, 0.25) is 0 Å². The quantitative estimate of drug-likeness (QED) is 0.799. The molecule has 1 N–H and O–H groups in total. The maximum atomic E-state index is 13.5. The third-order valence-electron chi connectivity index (χ3n) is 3.03. The van der Waals surface area contributed by atoms with Crippen LogP contribution in [0, 0.1) is 12.7 Å². The third-order valence-corrected chi connectivity index (χ3v) is 3.03. The summed E-state index contributed by atoms with van der Waals surface area (Å²) in [5.74, 6) is 0.123. The van der Waals surface area contributed by atoms with E-state index in [0.29, 0.717) is 22.9 Å². The minimum Gasteiger partial charge on any atom is -0.324 e. The molecule has 6 heteroatoms. The highest BCUT2D eigenvalue weighted by Gasteiger charge is 2.06. The summed E-state index contributed by atoms with van der Waals surface area (Å²) < 4.78 is 13.5. The predicted octanol–water partition coefficient (Wildman–Crippen LogP) is 3.12. The summed E-state index contributed by atoms with van der Waals surface area (Å²) >= 11 is 0. The topological polar surface area (TPSA) is 63.6 Å². The van der Waals surface area contributed by atoms with Crippen LogP contribution in [0.25, 0.3) is 11.3 Å². The second kappa shape index (κ2) is 5.62. The van der Waals surface area contributed by atoms with Gasteiger partial charge in [-0.2, -0.15) is 0 Å². The van der Waals surface area contributed by atoms with Gasteiger partial charge in [0.15, 0.2) is 0 Å². The maximum absolute atomic E-state index is 13.5. The fourth-order valence-corrected chi connectivity index (χ4v) is 1.87. The van der Waals surface area contributed by atoms with Crippen LogP contribution in [-0.4, -0.2) is 19.9 Å². The molecule has 3 rings (SSSR count). The molecule has 21 heavy (non-hydrogen) atoms. The molecule has 3 aromatic rings. The van der Waals surface area contributed by atoms with Gasteiger partial charge in [-0.3, -0.25) is 0 Å². The molecule has 0 bridgehead atoms. The van der Waals surface area contributed by atoms with E-state index in [0.717, 1.165) is 5.56 Å². The van der Waals surface area contributed by atoms with Crippen LogP contribution >= 0.6 is 0 Å². The van der Waals surface area contributed by atoms with Crippen LogP contribution in [0.15, 0.2) is 49.2 Å². The van der Waals surface area contributed by atoms with Gasteiger partial charge in [0.1, 0.15) is 12.1 Å². The van der Waals surface area contributed by atoms with Crippen molar-refractivity contribution in [2.24, 2.45) is 0 Å². The number of benzene rings is 1. The van der Waals surface area contributed by atoms with Gasteiger partial charge in [0.2, 0.25) is 5.95 Å². The highest BCUT2D eigenvalue weighted by Crippen LogP contribution is 2.22. The first-order valence-corrected chi connectivity index (χ1v) is 6.34. The van der Waals surface area contributed by atoms with Gasteiger partial charge < -0.3 is 5.32 Å². The van der Waals surface area contributed by atoms with E-state index in [1.807, 2.05) is 0 Å². The molecule has 0 atom stereocenters. The normalized spacial score (nSPS) is 10.4.